The SMILES string of the molecule is Cc1c(F)c(F)c(COC(=O)CCC(=O)[C@H](CS)NC(=O)CC[C@H](N)C(=O)NCC[N+](C)(C)C)c(F)c1F. The molecule has 14 heteroatoms. The van der Waals surface area contributed by atoms with E-state index in [4.69, 9.17) is 5.73 Å². The van der Waals surface area contributed by atoms with Crippen molar-refractivity contribution in [2.45, 2.75) is 51.3 Å². The highest BCUT2D eigenvalue weighted by Gasteiger charge is 2.25. The van der Waals surface area contributed by atoms with Crippen LogP contribution in [0.2, 0.25) is 0 Å². The van der Waals surface area contributed by atoms with Gasteiger partial charge in [0.2, 0.25) is 11.8 Å². The second kappa shape index (κ2) is 15.0. The van der Waals surface area contributed by atoms with Crippen molar-refractivity contribution in [1.29, 1.82) is 0 Å². The van der Waals surface area contributed by atoms with E-state index in [0.717, 1.165) is 6.92 Å². The Bertz CT molecular complexity index is 1010. The van der Waals surface area contributed by atoms with E-state index in [9.17, 15) is 36.7 Å². The number of ketones is 1. The maximum Gasteiger partial charge on any atom is 0.306 e. The summed E-state index contributed by atoms with van der Waals surface area (Å²) in [4.78, 5) is 48.6. The Morgan fingerprint density at radius 3 is 2.08 bits per heavy atom. The van der Waals surface area contributed by atoms with Crippen LogP contribution in [0.5, 0.6) is 0 Å². The number of nitrogens with one attached hydrogen (secondary N) is 2. The van der Waals surface area contributed by atoms with Crippen molar-refractivity contribution in [2.24, 2.45) is 5.73 Å². The normalized spacial score (nSPS) is 13.0. The molecule has 9 nitrogen and oxygen atoms in total. The third-order valence-corrected chi connectivity index (χ3v) is 5.90. The third kappa shape index (κ3) is 10.6. The van der Waals surface area contributed by atoms with Gasteiger partial charge in [0.15, 0.2) is 29.1 Å². The molecule has 0 saturated carbocycles. The molecule has 4 N–H and O–H groups in total. The summed E-state index contributed by atoms with van der Waals surface area (Å²) in [6.07, 6.45) is -1.02. The number of quaternary nitrogens is 1. The van der Waals surface area contributed by atoms with E-state index in [-0.39, 0.29) is 18.6 Å². The largest absolute Gasteiger partial charge is 0.461 e. The van der Waals surface area contributed by atoms with Gasteiger partial charge in [-0.2, -0.15) is 12.6 Å². The van der Waals surface area contributed by atoms with Crippen molar-refractivity contribution in [3.8, 4) is 0 Å². The van der Waals surface area contributed by atoms with Gasteiger partial charge in [0, 0.05) is 24.2 Å². The van der Waals surface area contributed by atoms with Gasteiger partial charge in [-0.3, -0.25) is 19.2 Å². The molecule has 214 valence electrons. The van der Waals surface area contributed by atoms with Crippen LogP contribution >= 0.6 is 12.6 Å². The molecule has 1 aromatic rings. The minimum atomic E-state index is -1.68. The molecule has 0 aliphatic heterocycles. The molecule has 0 saturated heterocycles. The lowest BCUT2D eigenvalue weighted by atomic mass is 10.1. The second-order valence-corrected chi connectivity index (χ2v) is 10.1. The first-order chi connectivity index (χ1) is 17.6. The fraction of sp³-hybridized carbons (Fsp3) is 0.583. The summed E-state index contributed by atoms with van der Waals surface area (Å²) in [5, 5.41) is 5.14. The highest BCUT2D eigenvalue weighted by atomic mass is 32.1. The van der Waals surface area contributed by atoms with Crippen molar-refractivity contribution in [3.63, 3.8) is 0 Å². The smallest absolute Gasteiger partial charge is 0.306 e. The Labute approximate surface area is 224 Å². The lowest BCUT2D eigenvalue weighted by Crippen LogP contribution is -2.47. The third-order valence-electron chi connectivity index (χ3n) is 5.53. The molecule has 0 heterocycles. The molecule has 0 aliphatic rings. The number of likely N-dealkylation sites (N-methyl/N-ethyl adjacent to an activating group) is 1. The molecule has 0 radical (unpaired) electrons. The molecule has 0 aromatic heterocycles. The van der Waals surface area contributed by atoms with Crippen molar-refractivity contribution in [3.05, 3.63) is 34.4 Å². The van der Waals surface area contributed by atoms with Crippen molar-refractivity contribution in [1.82, 2.24) is 10.6 Å². The number of hydrogen-bond donors (Lipinski definition) is 4. The van der Waals surface area contributed by atoms with E-state index < -0.39 is 89.5 Å². The molecule has 0 aliphatic carbocycles. The molecule has 0 unspecified atom stereocenters. The van der Waals surface area contributed by atoms with E-state index in [1.54, 1.807) is 0 Å². The van der Waals surface area contributed by atoms with E-state index in [2.05, 4.69) is 28.0 Å². The van der Waals surface area contributed by atoms with Crippen LogP contribution in [0.15, 0.2) is 0 Å². The Morgan fingerprint density at radius 1 is 0.974 bits per heavy atom. The zero-order valence-electron chi connectivity index (χ0n) is 21.8. The number of nitrogens with two attached hydrogens (primary N) is 1. The molecule has 2 amide bonds. The molecular weight excluding hydrogens is 532 g/mol. The minimum absolute atomic E-state index is 0.0369. The maximum atomic E-state index is 13.9. The summed E-state index contributed by atoms with van der Waals surface area (Å²) in [6.45, 7) is 0.891. The van der Waals surface area contributed by atoms with Gasteiger partial charge < -0.3 is 25.6 Å². The molecule has 1 rings (SSSR count). The van der Waals surface area contributed by atoms with Gasteiger partial charge in [0.25, 0.3) is 0 Å². The zero-order valence-corrected chi connectivity index (χ0v) is 22.7. The Kier molecular flexibility index (Phi) is 13.2. The number of benzene rings is 1. The van der Waals surface area contributed by atoms with Crippen LogP contribution in [0.4, 0.5) is 17.6 Å². The van der Waals surface area contributed by atoms with Gasteiger partial charge in [-0.15, -0.1) is 0 Å². The van der Waals surface area contributed by atoms with Gasteiger partial charge in [-0.05, 0) is 13.3 Å². The van der Waals surface area contributed by atoms with Crippen molar-refractivity contribution in [2.75, 3.05) is 40.0 Å². The number of nitrogens with zero attached hydrogens (tertiary/aromatic N) is 1. The van der Waals surface area contributed by atoms with Crippen LogP contribution in [-0.4, -0.2) is 80.1 Å². The van der Waals surface area contributed by atoms with Crippen LogP contribution in [0.25, 0.3) is 0 Å². The molecule has 0 spiro atoms. The molecule has 2 atom stereocenters. The molecule has 0 bridgehead atoms. The van der Waals surface area contributed by atoms with Gasteiger partial charge in [0.1, 0.15) is 6.61 Å². The number of carbonyl (C=O) groups excluding carboxylic acids is 4. The number of esters is 1. The van der Waals surface area contributed by atoms with Gasteiger partial charge in [-0.25, -0.2) is 17.6 Å². The van der Waals surface area contributed by atoms with E-state index in [0.29, 0.717) is 17.6 Å². The predicted molar refractivity (Wildman–Crippen MR) is 134 cm³/mol. The number of ether oxygens (including phenoxy) is 1. The summed E-state index contributed by atoms with van der Waals surface area (Å²) in [6, 6.07) is -1.97. The quantitative estimate of drug-likeness (QED) is 0.0832. The van der Waals surface area contributed by atoms with Crippen molar-refractivity contribution >= 4 is 36.2 Å². The van der Waals surface area contributed by atoms with Gasteiger partial charge >= 0.3 is 5.97 Å². The lowest BCUT2D eigenvalue weighted by molar-refractivity contribution is -0.869. The van der Waals surface area contributed by atoms with E-state index >= 15 is 0 Å². The summed E-state index contributed by atoms with van der Waals surface area (Å²) in [7, 11) is 5.91. The number of amides is 2. The molecular formula is C24H35F4N4O5S+. The fourth-order valence-electron chi connectivity index (χ4n) is 3.10. The van der Waals surface area contributed by atoms with E-state index in [1.165, 1.54) is 0 Å². The monoisotopic (exact) mass is 567 g/mol. The van der Waals surface area contributed by atoms with Crippen LogP contribution in [0.1, 0.15) is 36.8 Å². The molecule has 38 heavy (non-hydrogen) atoms. The van der Waals surface area contributed by atoms with Crippen LogP contribution in [0, 0.1) is 30.2 Å². The summed E-state index contributed by atoms with van der Waals surface area (Å²) in [5.41, 5.74) is 3.88. The van der Waals surface area contributed by atoms with Crippen LogP contribution < -0.4 is 16.4 Å². The number of hydrogen-bond acceptors (Lipinski definition) is 7. The lowest BCUT2D eigenvalue weighted by Gasteiger charge is -2.24. The number of halogens is 4. The Morgan fingerprint density at radius 2 is 1.55 bits per heavy atom. The predicted octanol–water partition coefficient (Wildman–Crippen LogP) is 1.29. The topological polar surface area (TPSA) is 128 Å². The first kappa shape index (κ1) is 33.3. The average Bonchev–Trinajstić information content (AvgIpc) is 2.85. The minimum Gasteiger partial charge on any atom is -0.461 e. The number of rotatable bonds is 15. The number of Topliss-reactive ketones (excluding diaryl/α,β-unsaturated/α-hetero) is 1. The van der Waals surface area contributed by atoms with Crippen molar-refractivity contribution < 1.29 is 46.0 Å². The highest BCUT2D eigenvalue weighted by molar-refractivity contribution is 7.80. The Balaban J connectivity index is 2.49. The summed E-state index contributed by atoms with van der Waals surface area (Å²) >= 11 is 4.02. The average molecular weight is 568 g/mol. The summed E-state index contributed by atoms with van der Waals surface area (Å²) < 4.78 is 60.4. The zero-order chi connectivity index (χ0) is 29.2. The van der Waals surface area contributed by atoms with Crippen LogP contribution in [0.3, 0.4) is 0 Å². The first-order valence-corrected chi connectivity index (χ1v) is 12.5. The first-order valence-electron chi connectivity index (χ1n) is 11.8. The van der Waals surface area contributed by atoms with E-state index in [1.807, 2.05) is 21.1 Å². The van der Waals surface area contributed by atoms with Crippen LogP contribution in [-0.2, 0) is 30.5 Å². The number of carbonyl (C=O) groups is 4. The maximum absolute atomic E-state index is 13.9. The highest BCUT2D eigenvalue weighted by Crippen LogP contribution is 2.24. The molecule has 1 aromatic carbocycles. The van der Waals surface area contributed by atoms with Gasteiger partial charge in [-0.1, -0.05) is 0 Å². The Hall–Kier alpha value is -2.71. The molecule has 0 fully saturated rings. The fourth-order valence-corrected chi connectivity index (χ4v) is 3.39. The summed E-state index contributed by atoms with van der Waals surface area (Å²) in [5.74, 6) is -9.21. The second-order valence-electron chi connectivity index (χ2n) is 9.74. The number of thiol groups is 1. The standard InChI is InChI=1S/C24H34F4N4O5S/c1-13-20(25)22(27)14(23(28)21(13)26)11-37-19(35)8-6-17(33)16(12-38)31-18(34)7-5-15(29)24(36)30-9-10-32(2,3)4/h15-16H,5-12,29H2,1-4H3,(H2-,30,31,34,36,38)/p+1/t15-,16-/m0/s1. The van der Waals surface area contributed by atoms with Gasteiger partial charge in [0.05, 0.1) is 58.3 Å².